The number of hydrogen-bond donors (Lipinski definition) is 1. The molecule has 0 saturated heterocycles. The molecule has 0 heterocycles. The van der Waals surface area contributed by atoms with Crippen molar-refractivity contribution in [2.45, 2.75) is 32.7 Å². The topological polar surface area (TPSA) is 46.2 Å². The lowest BCUT2D eigenvalue weighted by molar-refractivity contribution is -0.133. The van der Waals surface area contributed by atoms with Crippen LogP contribution in [0, 0.1) is 11.7 Å². The fraction of sp³-hybridized carbons (Fsp3) is 0.250. The molecule has 3 aromatic carbocycles. The van der Waals surface area contributed by atoms with Gasteiger partial charge in [-0.2, -0.15) is 0 Å². The Morgan fingerprint density at radius 2 is 1.46 bits per heavy atom. The van der Waals surface area contributed by atoms with Gasteiger partial charge in [0.05, 0.1) is 6.04 Å². The molecule has 0 aromatic heterocycles. The highest BCUT2D eigenvalue weighted by molar-refractivity contribution is 6.03. The number of hydrogen-bond acceptors (Lipinski definition) is 3. The predicted molar refractivity (Wildman–Crippen MR) is 111 cm³/mol. The lowest BCUT2D eigenvalue weighted by Gasteiger charge is -2.27. The van der Waals surface area contributed by atoms with Crippen molar-refractivity contribution in [1.29, 1.82) is 0 Å². The van der Waals surface area contributed by atoms with Crippen LogP contribution in [0.25, 0.3) is 10.8 Å². The first kappa shape index (κ1) is 19.7. The van der Waals surface area contributed by atoms with Gasteiger partial charge in [-0.25, -0.2) is 4.39 Å². The molecule has 0 aliphatic carbocycles. The van der Waals surface area contributed by atoms with Crippen molar-refractivity contribution in [3.63, 3.8) is 0 Å². The first-order chi connectivity index (χ1) is 13.5. The van der Waals surface area contributed by atoms with E-state index in [4.69, 9.17) is 0 Å². The third-order valence-electron chi connectivity index (χ3n) is 5.02. The minimum atomic E-state index is -0.813. The van der Waals surface area contributed by atoms with Gasteiger partial charge in [0.1, 0.15) is 23.3 Å². The highest BCUT2D eigenvalue weighted by Gasteiger charge is 2.33. The third kappa shape index (κ3) is 4.28. The molecule has 1 atom stereocenters. The molecule has 0 spiro atoms. The molecule has 1 N–H and O–H groups in total. The van der Waals surface area contributed by atoms with Gasteiger partial charge in [0, 0.05) is 18.5 Å². The number of ketones is 2. The van der Waals surface area contributed by atoms with Crippen LogP contribution in [0.3, 0.4) is 0 Å². The zero-order valence-electron chi connectivity index (χ0n) is 16.1. The summed E-state index contributed by atoms with van der Waals surface area (Å²) in [6, 6.07) is 19.3. The van der Waals surface area contributed by atoms with Crippen molar-refractivity contribution in [3.05, 3.63) is 78.1 Å². The second-order valence-electron chi connectivity index (χ2n) is 6.85. The molecule has 0 fully saturated rings. The van der Waals surface area contributed by atoms with Crippen LogP contribution in [0.4, 0.5) is 10.1 Å². The van der Waals surface area contributed by atoms with Crippen molar-refractivity contribution in [1.82, 2.24) is 0 Å². The fourth-order valence-electron chi connectivity index (χ4n) is 3.48. The number of anilines is 1. The van der Waals surface area contributed by atoms with Gasteiger partial charge >= 0.3 is 0 Å². The average Bonchev–Trinajstić information content (AvgIpc) is 2.73. The number of halogens is 1. The van der Waals surface area contributed by atoms with Gasteiger partial charge in [-0.15, -0.1) is 0 Å². The first-order valence-electron chi connectivity index (χ1n) is 9.59. The largest absolute Gasteiger partial charge is 0.377 e. The molecule has 3 nitrogen and oxygen atoms in total. The van der Waals surface area contributed by atoms with Gasteiger partial charge < -0.3 is 5.32 Å². The number of fused-ring (bicyclic) bond motifs is 1. The molecule has 0 saturated carbocycles. The maximum Gasteiger partial charge on any atom is 0.145 e. The van der Waals surface area contributed by atoms with Crippen LogP contribution in [-0.2, 0) is 9.59 Å². The van der Waals surface area contributed by atoms with E-state index >= 15 is 0 Å². The van der Waals surface area contributed by atoms with E-state index in [1.54, 1.807) is 26.0 Å². The highest BCUT2D eigenvalue weighted by atomic mass is 19.1. The number of nitrogens with one attached hydrogen (secondary N) is 1. The smallest absolute Gasteiger partial charge is 0.145 e. The summed E-state index contributed by atoms with van der Waals surface area (Å²) in [4.78, 5) is 25.3. The van der Waals surface area contributed by atoms with Gasteiger partial charge in [0.2, 0.25) is 0 Å². The van der Waals surface area contributed by atoms with Crippen molar-refractivity contribution < 1.29 is 14.0 Å². The zero-order chi connectivity index (χ0) is 20.1. The zero-order valence-corrected chi connectivity index (χ0v) is 16.1. The van der Waals surface area contributed by atoms with E-state index in [1.165, 1.54) is 12.1 Å². The second-order valence-corrected chi connectivity index (χ2v) is 6.85. The molecule has 0 aliphatic rings. The molecule has 0 radical (unpaired) electrons. The first-order valence-corrected chi connectivity index (χ1v) is 9.59. The van der Waals surface area contributed by atoms with Gasteiger partial charge in [-0.05, 0) is 40.6 Å². The summed E-state index contributed by atoms with van der Waals surface area (Å²) in [5.41, 5.74) is 1.52. The monoisotopic (exact) mass is 377 g/mol. The van der Waals surface area contributed by atoms with E-state index < -0.39 is 12.0 Å². The summed E-state index contributed by atoms with van der Waals surface area (Å²) < 4.78 is 13.4. The van der Waals surface area contributed by atoms with Gasteiger partial charge in [-0.1, -0.05) is 56.3 Å². The van der Waals surface area contributed by atoms with Gasteiger partial charge in [0.15, 0.2) is 0 Å². The molecular formula is C24H24FNO2. The average molecular weight is 377 g/mol. The van der Waals surface area contributed by atoms with Crippen LogP contribution in [0.2, 0.25) is 0 Å². The van der Waals surface area contributed by atoms with Crippen molar-refractivity contribution >= 4 is 28.0 Å². The maximum atomic E-state index is 13.4. The summed E-state index contributed by atoms with van der Waals surface area (Å²) in [6.45, 7) is 3.52. The van der Waals surface area contributed by atoms with E-state index in [1.807, 2.05) is 42.5 Å². The standard InChI is InChI=1S/C24H24FNO2/c1-3-21(27)23(22(28)4-2)24(17-9-12-19(25)13-10-17)26-20-14-11-16-7-5-6-8-18(16)15-20/h5-15,23-24,26H,3-4H2,1-2H3. The Bertz CT molecular complexity index is 965. The Morgan fingerprint density at radius 1 is 0.857 bits per heavy atom. The van der Waals surface area contributed by atoms with E-state index in [-0.39, 0.29) is 30.2 Å². The van der Waals surface area contributed by atoms with Crippen LogP contribution in [0.15, 0.2) is 66.7 Å². The Hall–Kier alpha value is -3.01. The van der Waals surface area contributed by atoms with Crippen LogP contribution in [0.5, 0.6) is 0 Å². The quantitative estimate of drug-likeness (QED) is 0.512. The molecule has 0 bridgehead atoms. The SMILES string of the molecule is CCC(=O)C(C(=O)CC)C(Nc1ccc2ccccc2c1)c1ccc(F)cc1. The molecule has 28 heavy (non-hydrogen) atoms. The second kappa shape index (κ2) is 8.79. The molecule has 4 heteroatoms. The summed E-state index contributed by atoms with van der Waals surface area (Å²) in [7, 11) is 0. The van der Waals surface area contributed by atoms with Crippen LogP contribution in [-0.4, -0.2) is 11.6 Å². The van der Waals surface area contributed by atoms with E-state index in [2.05, 4.69) is 5.32 Å². The van der Waals surface area contributed by atoms with E-state index in [9.17, 15) is 14.0 Å². The Balaban J connectivity index is 2.04. The van der Waals surface area contributed by atoms with Crippen molar-refractivity contribution in [2.24, 2.45) is 5.92 Å². The van der Waals surface area contributed by atoms with Gasteiger partial charge in [-0.3, -0.25) is 9.59 Å². The minimum absolute atomic E-state index is 0.116. The van der Waals surface area contributed by atoms with Crippen LogP contribution >= 0.6 is 0 Å². The van der Waals surface area contributed by atoms with Crippen molar-refractivity contribution in [3.8, 4) is 0 Å². The predicted octanol–water partition coefficient (Wildman–Crippen LogP) is 5.71. The van der Waals surface area contributed by atoms with Crippen LogP contribution in [0.1, 0.15) is 38.3 Å². The number of benzene rings is 3. The molecule has 3 rings (SSSR count). The Kier molecular flexibility index (Phi) is 6.19. The molecule has 0 aliphatic heterocycles. The van der Waals surface area contributed by atoms with Crippen LogP contribution < -0.4 is 5.32 Å². The maximum absolute atomic E-state index is 13.4. The molecule has 144 valence electrons. The van der Waals surface area contributed by atoms with E-state index in [0.29, 0.717) is 5.56 Å². The Labute approximate surface area is 164 Å². The fourth-order valence-corrected chi connectivity index (χ4v) is 3.48. The molecular weight excluding hydrogens is 353 g/mol. The normalized spacial score (nSPS) is 12.1. The number of carbonyl (C=O) groups excluding carboxylic acids is 2. The molecule has 3 aromatic rings. The Morgan fingerprint density at radius 3 is 2.07 bits per heavy atom. The molecule has 0 amide bonds. The lowest BCUT2D eigenvalue weighted by atomic mass is 9.84. The number of carbonyl (C=O) groups is 2. The summed E-state index contributed by atoms with van der Waals surface area (Å²) in [6.07, 6.45) is 0.543. The highest BCUT2D eigenvalue weighted by Crippen LogP contribution is 2.31. The lowest BCUT2D eigenvalue weighted by Crippen LogP contribution is -2.33. The van der Waals surface area contributed by atoms with E-state index in [0.717, 1.165) is 16.5 Å². The summed E-state index contributed by atoms with van der Waals surface area (Å²) >= 11 is 0. The number of rotatable bonds is 8. The molecule has 1 unspecified atom stereocenters. The number of Topliss-reactive ketones (excluding diaryl/α,β-unsaturated/α-hetero) is 2. The summed E-state index contributed by atoms with van der Waals surface area (Å²) in [5.74, 6) is -1.40. The van der Waals surface area contributed by atoms with Gasteiger partial charge in [0.25, 0.3) is 0 Å². The third-order valence-corrected chi connectivity index (χ3v) is 5.02. The minimum Gasteiger partial charge on any atom is -0.377 e. The van der Waals surface area contributed by atoms with Crippen molar-refractivity contribution in [2.75, 3.05) is 5.32 Å². The summed E-state index contributed by atoms with van der Waals surface area (Å²) in [5, 5.41) is 5.54.